The highest BCUT2D eigenvalue weighted by Crippen LogP contribution is 2.28. The Morgan fingerprint density at radius 2 is 1.78 bits per heavy atom. The van der Waals surface area contributed by atoms with Crippen LogP contribution < -0.4 is 10.3 Å². The van der Waals surface area contributed by atoms with E-state index in [-0.39, 0.29) is 16.7 Å². The molecule has 0 fully saturated rings. The number of rotatable bonds is 3. The van der Waals surface area contributed by atoms with Gasteiger partial charge >= 0.3 is 11.9 Å². The van der Waals surface area contributed by atoms with E-state index < -0.39 is 11.9 Å². The lowest BCUT2D eigenvalue weighted by atomic mass is 10.1. The van der Waals surface area contributed by atoms with Crippen LogP contribution in [0, 0.1) is 6.92 Å². The van der Waals surface area contributed by atoms with Crippen LogP contribution in [0.1, 0.15) is 5.69 Å². The molecule has 3 rings (SSSR count). The molecule has 138 valence electrons. The first-order chi connectivity index (χ1) is 13.0. The van der Waals surface area contributed by atoms with Crippen molar-refractivity contribution >= 4 is 28.5 Å². The molecule has 0 radical (unpaired) electrons. The molecule has 0 spiro atoms. The monoisotopic (exact) mass is 366 g/mol. The van der Waals surface area contributed by atoms with E-state index >= 15 is 0 Å². The molecule has 0 saturated carbocycles. The van der Waals surface area contributed by atoms with Crippen LogP contribution in [0.5, 0.6) is 0 Å². The topological polar surface area (TPSA) is 88.7 Å². The summed E-state index contributed by atoms with van der Waals surface area (Å²) in [6.07, 6.45) is 6.38. The fourth-order valence-corrected chi connectivity index (χ4v) is 2.88. The van der Waals surface area contributed by atoms with Gasteiger partial charge in [-0.25, -0.2) is 9.59 Å². The van der Waals surface area contributed by atoms with Gasteiger partial charge in [0.25, 0.3) is 0 Å². The lowest BCUT2D eigenvalue weighted by molar-refractivity contribution is -0.139. The summed E-state index contributed by atoms with van der Waals surface area (Å²) in [5, 5.41) is 0.465. The fourth-order valence-electron chi connectivity index (χ4n) is 2.88. The summed E-state index contributed by atoms with van der Waals surface area (Å²) in [4.78, 5) is 41.6. The van der Waals surface area contributed by atoms with Crippen LogP contribution in [0.15, 0.2) is 64.8 Å². The van der Waals surface area contributed by atoms with E-state index in [4.69, 9.17) is 9.47 Å². The molecule has 1 N–H and O–H groups in total. The van der Waals surface area contributed by atoms with Crippen molar-refractivity contribution in [1.82, 2.24) is 4.98 Å². The van der Waals surface area contributed by atoms with Crippen molar-refractivity contribution in [2.45, 2.75) is 6.92 Å². The lowest BCUT2D eigenvalue weighted by Gasteiger charge is -2.23. The summed E-state index contributed by atoms with van der Waals surface area (Å²) < 4.78 is 9.66. The van der Waals surface area contributed by atoms with E-state index in [9.17, 15) is 14.4 Å². The predicted octanol–water partition coefficient (Wildman–Crippen LogP) is 2.33. The number of ether oxygens (including phenoxy) is 2. The molecule has 1 aliphatic heterocycles. The molecule has 0 atom stereocenters. The Balaban J connectivity index is 2.24. The fraction of sp³-hybridized carbons (Fsp3) is 0.150. The molecule has 7 heteroatoms. The van der Waals surface area contributed by atoms with E-state index in [0.717, 1.165) is 5.69 Å². The second-order valence-corrected chi connectivity index (χ2v) is 5.86. The number of methoxy groups -OCH3 is 2. The summed E-state index contributed by atoms with van der Waals surface area (Å²) in [6.45, 7) is 1.80. The average molecular weight is 366 g/mol. The maximum Gasteiger partial charge on any atom is 0.355 e. The molecule has 7 nitrogen and oxygen atoms in total. The van der Waals surface area contributed by atoms with Gasteiger partial charge in [0.15, 0.2) is 5.43 Å². The summed E-state index contributed by atoms with van der Waals surface area (Å²) in [7, 11) is 2.47. The van der Waals surface area contributed by atoms with Gasteiger partial charge < -0.3 is 19.4 Å². The summed E-state index contributed by atoms with van der Waals surface area (Å²) in [6, 6.07) is 6.65. The molecule has 0 amide bonds. The number of nitrogens with one attached hydrogen (secondary N) is 1. The number of esters is 2. The number of aromatic nitrogens is 1. The SMILES string of the molecule is COC(=O)C1=C(C(=O)OC)N(c2ccc3[nH]c(C)cc(=O)c3c2)C=CC=C1. The zero-order valence-corrected chi connectivity index (χ0v) is 15.1. The molecule has 2 aromatic rings. The number of fused-ring (bicyclic) bond motifs is 1. The lowest BCUT2D eigenvalue weighted by Crippen LogP contribution is -2.27. The Labute approximate surface area is 155 Å². The van der Waals surface area contributed by atoms with Gasteiger partial charge in [-0.2, -0.15) is 0 Å². The molecular weight excluding hydrogens is 348 g/mol. The largest absolute Gasteiger partial charge is 0.465 e. The Hall–Kier alpha value is -3.61. The predicted molar refractivity (Wildman–Crippen MR) is 101 cm³/mol. The van der Waals surface area contributed by atoms with E-state index in [2.05, 4.69) is 4.98 Å². The number of H-pyrrole nitrogens is 1. The summed E-state index contributed by atoms with van der Waals surface area (Å²) in [5.74, 6) is -1.38. The Morgan fingerprint density at radius 3 is 2.48 bits per heavy atom. The molecule has 2 heterocycles. The Kier molecular flexibility index (Phi) is 4.94. The highest BCUT2D eigenvalue weighted by Gasteiger charge is 2.27. The van der Waals surface area contributed by atoms with Crippen molar-refractivity contribution in [3.05, 3.63) is 75.9 Å². The first-order valence-corrected chi connectivity index (χ1v) is 8.15. The Morgan fingerprint density at radius 1 is 1.04 bits per heavy atom. The van der Waals surface area contributed by atoms with Crippen LogP contribution in [0.3, 0.4) is 0 Å². The van der Waals surface area contributed by atoms with Crippen LogP contribution in [-0.4, -0.2) is 31.1 Å². The summed E-state index contributed by atoms with van der Waals surface area (Å²) >= 11 is 0. The van der Waals surface area contributed by atoms with Crippen LogP contribution >= 0.6 is 0 Å². The average Bonchev–Trinajstić information content (AvgIpc) is 2.89. The van der Waals surface area contributed by atoms with Crippen molar-refractivity contribution in [2.75, 3.05) is 19.1 Å². The normalized spacial score (nSPS) is 13.7. The highest BCUT2D eigenvalue weighted by molar-refractivity contribution is 6.05. The van der Waals surface area contributed by atoms with E-state index in [1.165, 1.54) is 31.3 Å². The molecule has 0 saturated heterocycles. The van der Waals surface area contributed by atoms with E-state index in [1.807, 2.05) is 0 Å². The van der Waals surface area contributed by atoms with Crippen molar-refractivity contribution in [2.24, 2.45) is 0 Å². The molecule has 0 bridgehead atoms. The minimum Gasteiger partial charge on any atom is -0.465 e. The number of pyridine rings is 1. The standard InChI is InChI=1S/C20H18N2O5/c1-12-10-17(23)15-11-13(7-8-16(15)21-12)22-9-5-4-6-14(19(24)26-2)18(22)20(25)27-3/h4-11H,1-3H3,(H,21,23). The van der Waals surface area contributed by atoms with Crippen molar-refractivity contribution < 1.29 is 19.1 Å². The maximum atomic E-state index is 12.4. The first-order valence-electron chi connectivity index (χ1n) is 8.15. The van der Waals surface area contributed by atoms with Gasteiger partial charge in [0.2, 0.25) is 0 Å². The minimum absolute atomic E-state index is 0.00256. The van der Waals surface area contributed by atoms with Crippen molar-refractivity contribution in [1.29, 1.82) is 0 Å². The second kappa shape index (κ2) is 7.33. The van der Waals surface area contributed by atoms with Crippen LogP contribution in [-0.2, 0) is 19.1 Å². The molecule has 27 heavy (non-hydrogen) atoms. The second-order valence-electron chi connectivity index (χ2n) is 5.86. The van der Waals surface area contributed by atoms with Crippen molar-refractivity contribution in [3.63, 3.8) is 0 Å². The molecule has 0 aliphatic carbocycles. The first kappa shape index (κ1) is 18.2. The minimum atomic E-state index is -0.704. The molecule has 0 unspecified atom stereocenters. The number of anilines is 1. The van der Waals surface area contributed by atoms with Gasteiger partial charge in [0, 0.05) is 34.6 Å². The molecule has 1 aromatic carbocycles. The molecular formula is C20H18N2O5. The van der Waals surface area contributed by atoms with E-state index in [1.54, 1.807) is 43.5 Å². The number of allylic oxidation sites excluding steroid dienone is 2. The van der Waals surface area contributed by atoms with Gasteiger partial charge in [0.1, 0.15) is 5.70 Å². The zero-order chi connectivity index (χ0) is 19.6. The number of carbonyl (C=O) groups excluding carboxylic acids is 2. The molecule has 1 aliphatic rings. The smallest absolute Gasteiger partial charge is 0.355 e. The number of hydrogen-bond donors (Lipinski definition) is 1. The van der Waals surface area contributed by atoms with Gasteiger partial charge in [-0.3, -0.25) is 4.79 Å². The highest BCUT2D eigenvalue weighted by atomic mass is 16.5. The van der Waals surface area contributed by atoms with Crippen LogP contribution in [0.2, 0.25) is 0 Å². The van der Waals surface area contributed by atoms with E-state index in [0.29, 0.717) is 16.6 Å². The number of nitrogens with zero attached hydrogens (tertiary/aromatic N) is 1. The Bertz CT molecular complexity index is 1080. The third-order valence-electron chi connectivity index (χ3n) is 4.12. The van der Waals surface area contributed by atoms with Crippen LogP contribution in [0.4, 0.5) is 5.69 Å². The quantitative estimate of drug-likeness (QED) is 0.839. The third kappa shape index (κ3) is 3.39. The number of carbonyl (C=O) groups is 2. The van der Waals surface area contributed by atoms with Gasteiger partial charge in [0.05, 0.1) is 19.8 Å². The molecule has 1 aromatic heterocycles. The number of benzene rings is 1. The third-order valence-corrected chi connectivity index (χ3v) is 4.12. The van der Waals surface area contributed by atoms with Crippen molar-refractivity contribution in [3.8, 4) is 0 Å². The maximum absolute atomic E-state index is 12.4. The number of hydrogen-bond acceptors (Lipinski definition) is 6. The summed E-state index contributed by atoms with van der Waals surface area (Å²) in [5.41, 5.74) is 1.86. The van der Waals surface area contributed by atoms with Gasteiger partial charge in [-0.15, -0.1) is 0 Å². The van der Waals surface area contributed by atoms with Gasteiger partial charge in [-0.1, -0.05) is 6.08 Å². The zero-order valence-electron chi connectivity index (χ0n) is 15.1. The number of aromatic amines is 1. The van der Waals surface area contributed by atoms with Gasteiger partial charge in [-0.05, 0) is 37.3 Å². The van der Waals surface area contributed by atoms with Crippen LogP contribution in [0.25, 0.3) is 10.9 Å². The number of aryl methyl sites for hydroxylation is 1.